The van der Waals surface area contributed by atoms with Gasteiger partial charge in [-0.3, -0.25) is 14.9 Å². The molecule has 0 aliphatic heterocycles. The maximum atomic E-state index is 12.1. The number of carbonyl (C=O) groups excluding carboxylic acids is 1. The van der Waals surface area contributed by atoms with Crippen LogP contribution in [0.3, 0.4) is 0 Å². The average Bonchev–Trinajstić information content (AvgIpc) is 2.26. The Morgan fingerprint density at radius 3 is 2.47 bits per heavy atom. The van der Waals surface area contributed by atoms with Gasteiger partial charge in [0.25, 0.3) is 11.6 Å². The number of nitro benzene ring substituents is 1. The van der Waals surface area contributed by atoms with Gasteiger partial charge in [-0.05, 0) is 24.5 Å². The monoisotopic (exact) mass is 266 g/mol. The maximum Gasteiger partial charge on any atom is 0.282 e. The molecule has 1 atom stereocenters. The SMILES string of the molecule is CC(NC(=O)c1cc(O)ccc1[N+](=O)[O-])C(C)(C)C. The van der Waals surface area contributed by atoms with Crippen molar-refractivity contribution in [1.82, 2.24) is 5.32 Å². The van der Waals surface area contributed by atoms with E-state index in [4.69, 9.17) is 0 Å². The summed E-state index contributed by atoms with van der Waals surface area (Å²) in [7, 11) is 0. The van der Waals surface area contributed by atoms with Crippen LogP contribution in [-0.2, 0) is 0 Å². The molecule has 1 aromatic rings. The Hall–Kier alpha value is -2.11. The first kappa shape index (κ1) is 14.9. The summed E-state index contributed by atoms with van der Waals surface area (Å²) in [5, 5.41) is 22.9. The third kappa shape index (κ3) is 3.67. The topological polar surface area (TPSA) is 92.5 Å². The van der Waals surface area contributed by atoms with Gasteiger partial charge in [-0.25, -0.2) is 0 Å². The number of rotatable bonds is 3. The van der Waals surface area contributed by atoms with Crippen molar-refractivity contribution >= 4 is 11.6 Å². The second-order valence-corrected chi connectivity index (χ2v) is 5.52. The van der Waals surface area contributed by atoms with Crippen LogP contribution in [0.1, 0.15) is 38.1 Å². The summed E-state index contributed by atoms with van der Waals surface area (Å²) in [6.45, 7) is 7.69. The Labute approximate surface area is 111 Å². The Balaban J connectivity index is 3.06. The van der Waals surface area contributed by atoms with E-state index in [2.05, 4.69) is 5.32 Å². The minimum absolute atomic E-state index is 0.138. The number of phenols is 1. The minimum Gasteiger partial charge on any atom is -0.508 e. The summed E-state index contributed by atoms with van der Waals surface area (Å²) in [5.74, 6) is -0.746. The lowest BCUT2D eigenvalue weighted by molar-refractivity contribution is -0.385. The predicted octanol–water partition coefficient (Wildman–Crippen LogP) is 2.46. The van der Waals surface area contributed by atoms with E-state index in [0.717, 1.165) is 12.1 Å². The fourth-order valence-electron chi connectivity index (χ4n) is 1.36. The molecular weight excluding hydrogens is 248 g/mol. The van der Waals surface area contributed by atoms with Gasteiger partial charge in [0.1, 0.15) is 11.3 Å². The van der Waals surface area contributed by atoms with Gasteiger partial charge in [0.2, 0.25) is 0 Å². The third-order valence-corrected chi connectivity index (χ3v) is 3.07. The first-order valence-corrected chi connectivity index (χ1v) is 5.91. The summed E-state index contributed by atoms with van der Waals surface area (Å²) >= 11 is 0. The van der Waals surface area contributed by atoms with E-state index in [1.807, 2.05) is 27.7 Å². The van der Waals surface area contributed by atoms with Gasteiger partial charge < -0.3 is 10.4 Å². The van der Waals surface area contributed by atoms with Gasteiger partial charge in [0.05, 0.1) is 4.92 Å². The van der Waals surface area contributed by atoms with Crippen molar-refractivity contribution in [2.24, 2.45) is 5.41 Å². The van der Waals surface area contributed by atoms with Gasteiger partial charge in [-0.1, -0.05) is 20.8 Å². The number of carbonyl (C=O) groups is 1. The molecule has 104 valence electrons. The van der Waals surface area contributed by atoms with Crippen molar-refractivity contribution in [3.63, 3.8) is 0 Å². The molecule has 0 saturated carbocycles. The largest absolute Gasteiger partial charge is 0.508 e. The number of amides is 1. The molecule has 1 rings (SSSR count). The summed E-state index contributed by atoms with van der Waals surface area (Å²) in [6, 6.07) is 3.23. The number of aromatic hydroxyl groups is 1. The van der Waals surface area contributed by atoms with Crippen LogP contribution in [0.15, 0.2) is 18.2 Å². The van der Waals surface area contributed by atoms with E-state index in [0.29, 0.717) is 0 Å². The lowest BCUT2D eigenvalue weighted by atomic mass is 9.88. The highest BCUT2D eigenvalue weighted by molar-refractivity contribution is 5.98. The Morgan fingerprint density at radius 2 is 2.00 bits per heavy atom. The van der Waals surface area contributed by atoms with Crippen LogP contribution in [0.5, 0.6) is 5.75 Å². The molecule has 1 unspecified atom stereocenters. The molecule has 2 N–H and O–H groups in total. The molecule has 0 aliphatic carbocycles. The van der Waals surface area contributed by atoms with Crippen molar-refractivity contribution in [2.75, 3.05) is 0 Å². The zero-order valence-electron chi connectivity index (χ0n) is 11.4. The van der Waals surface area contributed by atoms with Gasteiger partial charge in [0, 0.05) is 12.1 Å². The van der Waals surface area contributed by atoms with E-state index in [1.54, 1.807) is 0 Å². The summed E-state index contributed by atoms with van der Waals surface area (Å²) < 4.78 is 0. The van der Waals surface area contributed by atoms with E-state index in [-0.39, 0.29) is 28.5 Å². The molecular formula is C13H18N2O4. The van der Waals surface area contributed by atoms with E-state index in [1.165, 1.54) is 6.07 Å². The number of nitro groups is 1. The molecule has 0 heterocycles. The second kappa shape index (κ2) is 5.26. The number of benzene rings is 1. The first-order valence-electron chi connectivity index (χ1n) is 5.91. The molecule has 0 saturated heterocycles. The van der Waals surface area contributed by atoms with Gasteiger partial charge in [-0.2, -0.15) is 0 Å². The highest BCUT2D eigenvalue weighted by atomic mass is 16.6. The van der Waals surface area contributed by atoms with Crippen LogP contribution in [0.4, 0.5) is 5.69 Å². The quantitative estimate of drug-likeness (QED) is 0.649. The van der Waals surface area contributed by atoms with Crippen LogP contribution in [0.25, 0.3) is 0 Å². The third-order valence-electron chi connectivity index (χ3n) is 3.07. The molecule has 0 fully saturated rings. The molecule has 0 aromatic heterocycles. The Morgan fingerprint density at radius 1 is 1.42 bits per heavy atom. The maximum absolute atomic E-state index is 12.1. The fourth-order valence-corrected chi connectivity index (χ4v) is 1.36. The molecule has 1 aromatic carbocycles. The number of nitrogens with one attached hydrogen (secondary N) is 1. The van der Waals surface area contributed by atoms with E-state index >= 15 is 0 Å². The number of hydrogen-bond acceptors (Lipinski definition) is 4. The molecule has 0 aliphatic rings. The highest BCUT2D eigenvalue weighted by Crippen LogP contribution is 2.24. The van der Waals surface area contributed by atoms with Gasteiger partial charge in [-0.15, -0.1) is 0 Å². The van der Waals surface area contributed by atoms with Crippen LogP contribution in [0, 0.1) is 15.5 Å². The predicted molar refractivity (Wildman–Crippen MR) is 71.1 cm³/mol. The van der Waals surface area contributed by atoms with Crippen LogP contribution in [-0.4, -0.2) is 22.0 Å². The molecule has 6 heteroatoms. The first-order chi connectivity index (χ1) is 8.62. The Kier molecular flexibility index (Phi) is 4.14. The fraction of sp³-hybridized carbons (Fsp3) is 0.462. The van der Waals surface area contributed by atoms with Gasteiger partial charge in [0.15, 0.2) is 0 Å². The zero-order chi connectivity index (χ0) is 14.8. The minimum atomic E-state index is -0.643. The van der Waals surface area contributed by atoms with Crippen molar-refractivity contribution < 1.29 is 14.8 Å². The Bertz CT molecular complexity index is 506. The van der Waals surface area contributed by atoms with Crippen molar-refractivity contribution in [3.8, 4) is 5.75 Å². The number of phenolic OH excluding ortho intramolecular Hbond substituents is 1. The van der Waals surface area contributed by atoms with Crippen molar-refractivity contribution in [1.29, 1.82) is 0 Å². The molecule has 0 bridgehead atoms. The molecule has 0 radical (unpaired) electrons. The lowest BCUT2D eigenvalue weighted by Gasteiger charge is -2.28. The summed E-state index contributed by atoms with van der Waals surface area (Å²) in [6.07, 6.45) is 0. The smallest absolute Gasteiger partial charge is 0.282 e. The van der Waals surface area contributed by atoms with E-state index < -0.39 is 10.8 Å². The second-order valence-electron chi connectivity index (χ2n) is 5.52. The molecule has 1 amide bonds. The molecule has 6 nitrogen and oxygen atoms in total. The lowest BCUT2D eigenvalue weighted by Crippen LogP contribution is -2.41. The highest BCUT2D eigenvalue weighted by Gasteiger charge is 2.26. The van der Waals surface area contributed by atoms with Crippen LogP contribution < -0.4 is 5.32 Å². The van der Waals surface area contributed by atoms with Crippen molar-refractivity contribution in [2.45, 2.75) is 33.7 Å². The van der Waals surface area contributed by atoms with E-state index in [9.17, 15) is 20.0 Å². The molecule has 19 heavy (non-hydrogen) atoms. The standard InChI is InChI=1S/C13H18N2O4/c1-8(13(2,3)4)14-12(17)10-7-9(16)5-6-11(10)15(18)19/h5-8,16H,1-4H3,(H,14,17). The molecule has 0 spiro atoms. The average molecular weight is 266 g/mol. The number of nitrogens with zero attached hydrogens (tertiary/aromatic N) is 1. The number of hydrogen-bond donors (Lipinski definition) is 2. The summed E-state index contributed by atoms with van der Waals surface area (Å²) in [4.78, 5) is 22.3. The zero-order valence-corrected chi connectivity index (χ0v) is 11.4. The van der Waals surface area contributed by atoms with Crippen LogP contribution >= 0.6 is 0 Å². The normalized spacial score (nSPS) is 12.8. The summed E-state index contributed by atoms with van der Waals surface area (Å²) in [5.41, 5.74) is -0.626. The van der Waals surface area contributed by atoms with Crippen molar-refractivity contribution in [3.05, 3.63) is 33.9 Å². The van der Waals surface area contributed by atoms with Crippen LogP contribution in [0.2, 0.25) is 0 Å². The van der Waals surface area contributed by atoms with Gasteiger partial charge >= 0.3 is 0 Å².